The number of anilines is 3. The lowest BCUT2D eigenvalue weighted by Gasteiger charge is -2.29. The summed E-state index contributed by atoms with van der Waals surface area (Å²) >= 11 is 1.63. The molecule has 0 saturated heterocycles. The Morgan fingerprint density at radius 2 is 1.93 bits per heavy atom. The van der Waals surface area contributed by atoms with Crippen LogP contribution in [0.1, 0.15) is 16.0 Å². The minimum absolute atomic E-state index is 0.518. The SMILES string of the molecule is Cc1ccc2c(NCc3ccccc3)nccc2c1N1CN=C(N)c2sccc21. The summed E-state index contributed by atoms with van der Waals surface area (Å²) in [5.41, 5.74) is 10.8. The lowest BCUT2D eigenvalue weighted by molar-refractivity contribution is 0.965. The number of fused-ring (bicyclic) bond motifs is 2. The maximum atomic E-state index is 6.11. The third-order valence-corrected chi connectivity index (χ3v) is 6.17. The molecule has 0 spiro atoms. The van der Waals surface area contributed by atoms with Crippen LogP contribution in [0.4, 0.5) is 17.2 Å². The molecule has 0 amide bonds. The molecule has 0 radical (unpaired) electrons. The molecule has 0 bridgehead atoms. The van der Waals surface area contributed by atoms with E-state index in [0.717, 1.165) is 39.4 Å². The standard InChI is InChI=1S/C23H21N5S/c1-15-7-8-18-17(9-11-25-23(18)26-13-16-5-3-2-4-6-16)20(15)28-14-27-22(24)21-19(28)10-12-29-21/h2-12H,13-14H2,1H3,(H2,24,27)(H,25,26). The zero-order valence-corrected chi connectivity index (χ0v) is 16.9. The van der Waals surface area contributed by atoms with Gasteiger partial charge >= 0.3 is 0 Å². The number of nitrogens with two attached hydrogens (primary N) is 1. The summed E-state index contributed by atoms with van der Waals surface area (Å²) in [6.45, 7) is 3.39. The van der Waals surface area contributed by atoms with Crippen LogP contribution >= 0.6 is 11.3 Å². The van der Waals surface area contributed by atoms with Crippen molar-refractivity contribution in [2.75, 3.05) is 16.9 Å². The van der Waals surface area contributed by atoms with Gasteiger partial charge in [-0.05, 0) is 35.6 Å². The van der Waals surface area contributed by atoms with Crippen LogP contribution < -0.4 is 16.0 Å². The van der Waals surface area contributed by atoms with Crippen LogP contribution in [0.3, 0.4) is 0 Å². The van der Waals surface area contributed by atoms with Gasteiger partial charge in [0, 0.05) is 23.5 Å². The lowest BCUT2D eigenvalue weighted by Crippen LogP contribution is -2.28. The molecule has 0 fully saturated rings. The lowest BCUT2D eigenvalue weighted by atomic mass is 10.0. The Balaban J connectivity index is 1.58. The fraction of sp³-hybridized carbons (Fsp3) is 0.130. The molecule has 144 valence electrons. The highest BCUT2D eigenvalue weighted by Crippen LogP contribution is 2.41. The van der Waals surface area contributed by atoms with Crippen molar-refractivity contribution in [3.05, 3.63) is 82.2 Å². The molecular formula is C23H21N5S. The first-order valence-electron chi connectivity index (χ1n) is 9.54. The van der Waals surface area contributed by atoms with E-state index in [1.807, 2.05) is 12.3 Å². The predicted octanol–water partition coefficient (Wildman–Crippen LogP) is 5.03. The van der Waals surface area contributed by atoms with Crippen LogP contribution in [-0.2, 0) is 6.54 Å². The molecule has 0 aliphatic carbocycles. The third kappa shape index (κ3) is 3.11. The van der Waals surface area contributed by atoms with Crippen molar-refractivity contribution in [1.82, 2.24) is 4.98 Å². The van der Waals surface area contributed by atoms with Crippen molar-refractivity contribution in [2.24, 2.45) is 10.7 Å². The van der Waals surface area contributed by atoms with Gasteiger partial charge in [0.2, 0.25) is 0 Å². The number of hydrogen-bond acceptors (Lipinski definition) is 6. The summed E-state index contributed by atoms with van der Waals surface area (Å²) in [5.74, 6) is 1.51. The Bertz CT molecular complexity index is 1210. The minimum Gasteiger partial charge on any atom is -0.383 e. The molecule has 1 aliphatic heterocycles. The Morgan fingerprint density at radius 1 is 1.07 bits per heavy atom. The Labute approximate surface area is 173 Å². The molecule has 0 unspecified atom stereocenters. The number of nitrogens with zero attached hydrogens (tertiary/aromatic N) is 3. The fourth-order valence-corrected chi connectivity index (χ4v) is 4.64. The second-order valence-electron chi connectivity index (χ2n) is 7.07. The van der Waals surface area contributed by atoms with Crippen LogP contribution in [0, 0.1) is 6.92 Å². The summed E-state index contributed by atoms with van der Waals surface area (Å²) in [7, 11) is 0. The number of aliphatic imine (C=N–C) groups is 1. The van der Waals surface area contributed by atoms with Gasteiger partial charge in [0.25, 0.3) is 0 Å². The number of nitrogens with one attached hydrogen (secondary N) is 1. The molecule has 5 nitrogen and oxygen atoms in total. The number of aromatic nitrogens is 1. The van der Waals surface area contributed by atoms with E-state index in [-0.39, 0.29) is 0 Å². The van der Waals surface area contributed by atoms with Gasteiger partial charge in [0.15, 0.2) is 0 Å². The maximum absolute atomic E-state index is 6.11. The molecule has 1 aliphatic rings. The summed E-state index contributed by atoms with van der Waals surface area (Å²) in [5, 5.41) is 7.83. The summed E-state index contributed by atoms with van der Waals surface area (Å²) in [4.78, 5) is 12.4. The fourth-order valence-electron chi connectivity index (χ4n) is 3.82. The van der Waals surface area contributed by atoms with E-state index in [9.17, 15) is 0 Å². The zero-order chi connectivity index (χ0) is 19.8. The molecule has 0 atom stereocenters. The van der Waals surface area contributed by atoms with Crippen LogP contribution in [0.2, 0.25) is 0 Å². The minimum atomic E-state index is 0.518. The number of pyridine rings is 1. The first-order chi connectivity index (χ1) is 14.2. The summed E-state index contributed by atoms with van der Waals surface area (Å²) in [6.07, 6.45) is 1.87. The molecule has 6 heteroatoms. The highest BCUT2D eigenvalue weighted by Gasteiger charge is 2.24. The van der Waals surface area contributed by atoms with E-state index in [0.29, 0.717) is 12.5 Å². The normalized spacial score (nSPS) is 13.3. The molecule has 29 heavy (non-hydrogen) atoms. The summed E-state index contributed by atoms with van der Waals surface area (Å²) < 4.78 is 0. The number of rotatable bonds is 4. The van der Waals surface area contributed by atoms with Gasteiger partial charge < -0.3 is 16.0 Å². The molecule has 5 rings (SSSR count). The molecule has 0 saturated carbocycles. The third-order valence-electron chi connectivity index (χ3n) is 5.24. The van der Waals surface area contributed by atoms with E-state index in [1.54, 1.807) is 11.3 Å². The van der Waals surface area contributed by atoms with Gasteiger partial charge in [-0.25, -0.2) is 9.98 Å². The van der Waals surface area contributed by atoms with E-state index in [1.165, 1.54) is 11.1 Å². The highest BCUT2D eigenvalue weighted by atomic mass is 32.1. The quantitative estimate of drug-likeness (QED) is 0.505. The van der Waals surface area contributed by atoms with Crippen LogP contribution in [0.5, 0.6) is 0 Å². The number of aryl methyl sites for hydroxylation is 1. The van der Waals surface area contributed by atoms with Gasteiger partial charge in [-0.3, -0.25) is 0 Å². The average Bonchev–Trinajstić information content (AvgIpc) is 3.25. The molecule has 4 aromatic rings. The van der Waals surface area contributed by atoms with Crippen molar-refractivity contribution in [3.8, 4) is 0 Å². The zero-order valence-electron chi connectivity index (χ0n) is 16.1. The monoisotopic (exact) mass is 399 g/mol. The van der Waals surface area contributed by atoms with Gasteiger partial charge in [0.1, 0.15) is 18.3 Å². The van der Waals surface area contributed by atoms with Crippen LogP contribution in [0.15, 0.2) is 71.2 Å². The second kappa shape index (κ2) is 7.22. The number of hydrogen-bond donors (Lipinski definition) is 2. The van der Waals surface area contributed by atoms with Crippen molar-refractivity contribution < 1.29 is 0 Å². The Kier molecular flexibility index (Phi) is 4.41. The summed E-state index contributed by atoms with van der Waals surface area (Å²) in [6, 6.07) is 18.9. The number of thiophene rings is 1. The molecule has 3 heterocycles. The smallest absolute Gasteiger partial charge is 0.139 e. The van der Waals surface area contributed by atoms with E-state index < -0.39 is 0 Å². The number of amidine groups is 1. The van der Waals surface area contributed by atoms with Crippen molar-refractivity contribution in [3.63, 3.8) is 0 Å². The first-order valence-corrected chi connectivity index (χ1v) is 10.4. The predicted molar refractivity (Wildman–Crippen MR) is 122 cm³/mol. The van der Waals surface area contributed by atoms with Crippen molar-refractivity contribution >= 4 is 45.1 Å². The second-order valence-corrected chi connectivity index (χ2v) is 7.99. The number of benzene rings is 2. The van der Waals surface area contributed by atoms with Gasteiger partial charge in [-0.1, -0.05) is 42.5 Å². The van der Waals surface area contributed by atoms with Crippen molar-refractivity contribution in [2.45, 2.75) is 13.5 Å². The topological polar surface area (TPSA) is 66.5 Å². The van der Waals surface area contributed by atoms with Gasteiger partial charge in [-0.2, -0.15) is 0 Å². The Hall–Kier alpha value is -3.38. The largest absolute Gasteiger partial charge is 0.383 e. The van der Waals surface area contributed by atoms with Crippen molar-refractivity contribution in [1.29, 1.82) is 0 Å². The molecular weight excluding hydrogens is 378 g/mol. The highest BCUT2D eigenvalue weighted by molar-refractivity contribution is 7.12. The van der Waals surface area contributed by atoms with Gasteiger partial charge in [0.05, 0.1) is 16.3 Å². The average molecular weight is 400 g/mol. The van der Waals surface area contributed by atoms with E-state index in [4.69, 9.17) is 5.73 Å². The Morgan fingerprint density at radius 3 is 2.79 bits per heavy atom. The van der Waals surface area contributed by atoms with E-state index >= 15 is 0 Å². The first kappa shape index (κ1) is 17.7. The molecule has 3 N–H and O–H groups in total. The van der Waals surface area contributed by atoms with E-state index in [2.05, 4.69) is 81.0 Å². The molecule has 2 aromatic heterocycles. The van der Waals surface area contributed by atoms with Gasteiger partial charge in [-0.15, -0.1) is 11.3 Å². The van der Waals surface area contributed by atoms with Crippen LogP contribution in [-0.4, -0.2) is 17.5 Å². The molecule has 2 aromatic carbocycles. The maximum Gasteiger partial charge on any atom is 0.139 e. The van der Waals surface area contributed by atoms with Crippen LogP contribution in [0.25, 0.3) is 10.8 Å².